The summed E-state index contributed by atoms with van der Waals surface area (Å²) in [5, 5.41) is 0. The number of carbonyl (C=O) groups is 1. The van der Waals surface area contributed by atoms with Crippen molar-refractivity contribution < 1.29 is 22.7 Å². The van der Waals surface area contributed by atoms with Gasteiger partial charge < -0.3 is 4.74 Å². The second kappa shape index (κ2) is 6.34. The van der Waals surface area contributed by atoms with Gasteiger partial charge in [-0.2, -0.15) is 13.2 Å². The van der Waals surface area contributed by atoms with E-state index < -0.39 is 17.8 Å². The van der Waals surface area contributed by atoms with Gasteiger partial charge in [-0.05, 0) is 30.4 Å². The molecule has 6 heteroatoms. The number of halogens is 3. The van der Waals surface area contributed by atoms with Crippen molar-refractivity contribution in [3.8, 4) is 0 Å². The molecule has 1 aromatic carbocycles. The lowest BCUT2D eigenvalue weighted by Crippen LogP contribution is -2.43. The second-order valence-electron chi connectivity index (χ2n) is 6.12. The highest BCUT2D eigenvalue weighted by atomic mass is 19.4. The van der Waals surface area contributed by atoms with E-state index in [9.17, 15) is 18.0 Å². The first-order valence-electron chi connectivity index (χ1n) is 7.82. The Morgan fingerprint density at radius 3 is 2.58 bits per heavy atom. The molecule has 0 aromatic heterocycles. The van der Waals surface area contributed by atoms with Crippen molar-refractivity contribution in [3.63, 3.8) is 0 Å². The molecule has 2 atom stereocenters. The first kappa shape index (κ1) is 16.6. The molecule has 2 aliphatic rings. The molecule has 2 heterocycles. The van der Waals surface area contributed by atoms with Crippen LogP contribution in [0.3, 0.4) is 0 Å². The van der Waals surface area contributed by atoms with Crippen molar-refractivity contribution in [2.24, 2.45) is 0 Å². The predicted octanol–water partition coefficient (Wildman–Crippen LogP) is 4.60. The van der Waals surface area contributed by atoms with Crippen LogP contribution in [0.4, 0.5) is 18.0 Å². The van der Waals surface area contributed by atoms with Crippen LogP contribution < -0.4 is 0 Å². The van der Waals surface area contributed by atoms with Gasteiger partial charge in [0.05, 0.1) is 11.6 Å². The molecule has 0 radical (unpaired) electrons. The summed E-state index contributed by atoms with van der Waals surface area (Å²) < 4.78 is 43.8. The highest BCUT2D eigenvalue weighted by molar-refractivity contribution is 5.70. The topological polar surface area (TPSA) is 29.5 Å². The van der Waals surface area contributed by atoms with Crippen LogP contribution in [0.5, 0.6) is 0 Å². The van der Waals surface area contributed by atoms with Crippen LogP contribution in [0.2, 0.25) is 0 Å². The fourth-order valence-electron chi connectivity index (χ4n) is 3.31. The maximum atomic E-state index is 12.8. The van der Waals surface area contributed by atoms with Gasteiger partial charge in [-0.15, -0.1) is 0 Å². The molecule has 1 amide bonds. The Labute approximate surface area is 138 Å². The zero-order valence-corrected chi connectivity index (χ0v) is 13.1. The maximum absolute atomic E-state index is 12.8. The number of allylic oxidation sites excluding steroid dienone is 1. The van der Waals surface area contributed by atoms with Gasteiger partial charge in [-0.25, -0.2) is 4.79 Å². The van der Waals surface area contributed by atoms with Gasteiger partial charge in [-0.3, -0.25) is 4.90 Å². The number of benzene rings is 1. The molecule has 0 spiro atoms. The summed E-state index contributed by atoms with van der Waals surface area (Å²) in [6.45, 7) is 3.32. The van der Waals surface area contributed by atoms with E-state index in [1.165, 1.54) is 6.08 Å². The molecule has 0 N–H and O–H groups in total. The van der Waals surface area contributed by atoms with Gasteiger partial charge in [0.1, 0.15) is 6.61 Å². The van der Waals surface area contributed by atoms with E-state index in [4.69, 9.17) is 4.74 Å². The summed E-state index contributed by atoms with van der Waals surface area (Å²) in [5.74, 6) is 0. The van der Waals surface area contributed by atoms with Gasteiger partial charge in [0.15, 0.2) is 0 Å². The van der Waals surface area contributed by atoms with E-state index in [1.54, 1.807) is 4.90 Å². The Balaban J connectivity index is 1.67. The number of amides is 1. The molecule has 0 aliphatic carbocycles. The largest absolute Gasteiger partial charge is 0.445 e. The van der Waals surface area contributed by atoms with Gasteiger partial charge in [-0.1, -0.05) is 43.0 Å². The van der Waals surface area contributed by atoms with E-state index in [0.29, 0.717) is 12.8 Å². The quantitative estimate of drug-likeness (QED) is 0.806. The minimum absolute atomic E-state index is 0.154. The SMILES string of the molecule is C=C(C1=CC2CCC(C1)N2C(=O)OCc1ccccc1)C(F)(F)F. The van der Waals surface area contributed by atoms with Crippen LogP contribution in [-0.2, 0) is 11.3 Å². The molecule has 1 fully saturated rings. The Morgan fingerprint density at radius 2 is 1.96 bits per heavy atom. The number of alkyl halides is 3. The predicted molar refractivity (Wildman–Crippen MR) is 83.2 cm³/mol. The molecule has 24 heavy (non-hydrogen) atoms. The Hall–Kier alpha value is -2.24. The lowest BCUT2D eigenvalue weighted by molar-refractivity contribution is -0.0895. The number of nitrogens with zero attached hydrogens (tertiary/aromatic N) is 1. The minimum Gasteiger partial charge on any atom is -0.445 e. The first-order chi connectivity index (χ1) is 11.4. The second-order valence-corrected chi connectivity index (χ2v) is 6.12. The third kappa shape index (κ3) is 3.32. The molecule has 128 valence electrons. The van der Waals surface area contributed by atoms with Crippen molar-refractivity contribution in [3.05, 3.63) is 59.7 Å². The first-order valence-corrected chi connectivity index (χ1v) is 7.82. The van der Waals surface area contributed by atoms with E-state index in [0.717, 1.165) is 5.56 Å². The number of hydrogen-bond donors (Lipinski definition) is 0. The van der Waals surface area contributed by atoms with E-state index in [1.807, 2.05) is 30.3 Å². The third-order valence-electron chi connectivity index (χ3n) is 4.54. The zero-order valence-electron chi connectivity index (χ0n) is 13.1. The molecular formula is C18H18F3NO2. The minimum atomic E-state index is -4.43. The number of carbonyl (C=O) groups excluding carboxylic acids is 1. The fraction of sp³-hybridized carbons (Fsp3) is 0.389. The van der Waals surface area contributed by atoms with E-state index in [-0.39, 0.29) is 30.7 Å². The van der Waals surface area contributed by atoms with Crippen LogP contribution in [0.25, 0.3) is 0 Å². The van der Waals surface area contributed by atoms with E-state index in [2.05, 4.69) is 6.58 Å². The van der Waals surface area contributed by atoms with Crippen molar-refractivity contribution in [1.82, 2.24) is 4.90 Å². The molecule has 2 aliphatic heterocycles. The lowest BCUT2D eigenvalue weighted by Gasteiger charge is -2.33. The van der Waals surface area contributed by atoms with Crippen LogP contribution in [-0.4, -0.2) is 29.3 Å². The van der Waals surface area contributed by atoms with Crippen LogP contribution >= 0.6 is 0 Å². The lowest BCUT2D eigenvalue weighted by atomic mass is 9.95. The molecule has 2 bridgehead atoms. The molecule has 2 unspecified atom stereocenters. The highest BCUT2D eigenvalue weighted by Gasteiger charge is 2.44. The van der Waals surface area contributed by atoms with Crippen molar-refractivity contribution in [2.75, 3.05) is 0 Å². The van der Waals surface area contributed by atoms with Crippen LogP contribution in [0.1, 0.15) is 24.8 Å². The Kier molecular flexibility index (Phi) is 4.39. The molecule has 1 saturated heterocycles. The summed E-state index contributed by atoms with van der Waals surface area (Å²) in [4.78, 5) is 13.9. The van der Waals surface area contributed by atoms with Gasteiger partial charge in [0, 0.05) is 6.04 Å². The number of ether oxygens (including phenoxy) is 1. The highest BCUT2D eigenvalue weighted by Crippen LogP contribution is 2.41. The van der Waals surface area contributed by atoms with Crippen LogP contribution in [0.15, 0.2) is 54.1 Å². The van der Waals surface area contributed by atoms with Gasteiger partial charge in [0.25, 0.3) is 0 Å². The number of hydrogen-bond acceptors (Lipinski definition) is 2. The zero-order chi connectivity index (χ0) is 17.3. The number of fused-ring (bicyclic) bond motifs is 2. The summed E-state index contributed by atoms with van der Waals surface area (Å²) in [7, 11) is 0. The number of rotatable bonds is 3. The maximum Gasteiger partial charge on any atom is 0.416 e. The normalized spacial score (nSPS) is 23.0. The fourth-order valence-corrected chi connectivity index (χ4v) is 3.31. The molecular weight excluding hydrogens is 319 g/mol. The Bertz CT molecular complexity index is 667. The van der Waals surface area contributed by atoms with Crippen molar-refractivity contribution in [2.45, 2.75) is 44.1 Å². The van der Waals surface area contributed by atoms with Crippen molar-refractivity contribution in [1.29, 1.82) is 0 Å². The van der Waals surface area contributed by atoms with Crippen molar-refractivity contribution >= 4 is 6.09 Å². The van der Waals surface area contributed by atoms with E-state index >= 15 is 0 Å². The average molecular weight is 337 g/mol. The molecule has 0 saturated carbocycles. The molecule has 1 aromatic rings. The monoisotopic (exact) mass is 337 g/mol. The Morgan fingerprint density at radius 1 is 1.25 bits per heavy atom. The summed E-state index contributed by atoms with van der Waals surface area (Å²) in [5.41, 5.74) is 0.260. The van der Waals surface area contributed by atoms with Gasteiger partial charge >= 0.3 is 12.3 Å². The third-order valence-corrected chi connectivity index (χ3v) is 4.54. The van der Waals surface area contributed by atoms with Crippen LogP contribution in [0, 0.1) is 0 Å². The summed E-state index contributed by atoms with van der Waals surface area (Å²) in [6, 6.07) is 8.68. The smallest absolute Gasteiger partial charge is 0.416 e. The average Bonchev–Trinajstić information content (AvgIpc) is 2.82. The summed E-state index contributed by atoms with van der Waals surface area (Å²) >= 11 is 0. The standard InChI is InChI=1S/C18H18F3NO2/c1-12(18(19,20)21)14-9-15-7-8-16(10-14)22(15)17(23)24-11-13-5-3-2-4-6-13/h2-6,9,15-16H,1,7-8,10-11H2. The van der Waals surface area contributed by atoms with Gasteiger partial charge in [0.2, 0.25) is 0 Å². The molecule has 3 rings (SSSR count). The molecule has 3 nitrogen and oxygen atoms in total. The summed E-state index contributed by atoms with van der Waals surface area (Å²) in [6.07, 6.45) is -1.88.